The summed E-state index contributed by atoms with van der Waals surface area (Å²) in [5.74, 6) is 1.35. The summed E-state index contributed by atoms with van der Waals surface area (Å²) in [6, 6.07) is 2.60. The molecule has 1 unspecified atom stereocenters. The highest BCUT2D eigenvalue weighted by molar-refractivity contribution is 9.10. The number of nitrogens with one attached hydrogen (secondary N) is 1. The summed E-state index contributed by atoms with van der Waals surface area (Å²) in [4.78, 5) is 1.36. The van der Waals surface area contributed by atoms with Gasteiger partial charge in [0.15, 0.2) is 0 Å². The van der Waals surface area contributed by atoms with Crippen LogP contribution in [-0.4, -0.2) is 11.9 Å². The normalized spacial score (nSPS) is 13.4. The van der Waals surface area contributed by atoms with Crippen molar-refractivity contribution in [1.82, 2.24) is 5.32 Å². The van der Waals surface area contributed by atoms with Crippen molar-refractivity contribution in [1.29, 1.82) is 0 Å². The van der Waals surface area contributed by atoms with Gasteiger partial charge in [0.05, 0.1) is 0 Å². The van der Waals surface area contributed by atoms with Gasteiger partial charge in [0.1, 0.15) is 0 Å². The SMILES string of the molecule is CC(C)C(CCCl)NCc1sccc1Br. The molecular weight excluding hydrogens is 294 g/mol. The summed E-state index contributed by atoms with van der Waals surface area (Å²) in [6.07, 6.45) is 1.03. The number of thiophene rings is 1. The van der Waals surface area contributed by atoms with Gasteiger partial charge in [-0.05, 0) is 39.7 Å². The minimum absolute atomic E-state index is 0.511. The summed E-state index contributed by atoms with van der Waals surface area (Å²) < 4.78 is 1.20. The Hall–Kier alpha value is 0.430. The molecule has 0 aromatic carbocycles. The number of rotatable bonds is 6. The summed E-state index contributed by atoms with van der Waals surface area (Å²) in [5, 5.41) is 5.66. The lowest BCUT2D eigenvalue weighted by Gasteiger charge is -2.21. The highest BCUT2D eigenvalue weighted by Gasteiger charge is 2.12. The van der Waals surface area contributed by atoms with Gasteiger partial charge in [0.25, 0.3) is 0 Å². The third-order valence-corrected chi connectivity index (χ3v) is 4.59. The third-order valence-electron chi connectivity index (χ3n) is 2.44. The smallest absolute Gasteiger partial charge is 0.0327 e. The van der Waals surface area contributed by atoms with Crippen molar-refractivity contribution in [3.8, 4) is 0 Å². The summed E-state index contributed by atoms with van der Waals surface area (Å²) in [7, 11) is 0. The van der Waals surface area contributed by atoms with Crippen LogP contribution >= 0.6 is 38.9 Å². The molecule has 86 valence electrons. The molecule has 4 heteroatoms. The van der Waals surface area contributed by atoms with Crippen molar-refractivity contribution < 1.29 is 0 Å². The maximum atomic E-state index is 5.79. The molecule has 1 rings (SSSR count). The molecule has 1 N–H and O–H groups in total. The number of hydrogen-bond donors (Lipinski definition) is 1. The fourth-order valence-electron chi connectivity index (χ4n) is 1.46. The van der Waals surface area contributed by atoms with E-state index in [0.29, 0.717) is 12.0 Å². The third kappa shape index (κ3) is 4.43. The van der Waals surface area contributed by atoms with Gasteiger partial charge in [-0.1, -0.05) is 13.8 Å². The zero-order valence-corrected chi connectivity index (χ0v) is 12.3. The molecule has 0 saturated carbocycles. The van der Waals surface area contributed by atoms with Gasteiger partial charge in [-0.3, -0.25) is 0 Å². The van der Waals surface area contributed by atoms with Crippen molar-refractivity contribution >= 4 is 38.9 Å². The molecule has 0 amide bonds. The number of hydrogen-bond acceptors (Lipinski definition) is 2. The van der Waals surface area contributed by atoms with Gasteiger partial charge >= 0.3 is 0 Å². The van der Waals surface area contributed by atoms with Crippen molar-refractivity contribution in [2.45, 2.75) is 32.9 Å². The van der Waals surface area contributed by atoms with Crippen molar-refractivity contribution in [2.24, 2.45) is 5.92 Å². The van der Waals surface area contributed by atoms with Crippen LogP contribution in [0.4, 0.5) is 0 Å². The first kappa shape index (κ1) is 13.5. The molecule has 0 aliphatic rings. The lowest BCUT2D eigenvalue weighted by atomic mass is 10.0. The topological polar surface area (TPSA) is 12.0 Å². The van der Waals surface area contributed by atoms with Crippen LogP contribution in [-0.2, 0) is 6.54 Å². The Morgan fingerprint density at radius 3 is 2.73 bits per heavy atom. The Balaban J connectivity index is 2.43. The molecule has 1 nitrogen and oxygen atoms in total. The fraction of sp³-hybridized carbons (Fsp3) is 0.636. The van der Waals surface area contributed by atoms with Crippen LogP contribution in [0.25, 0.3) is 0 Å². The van der Waals surface area contributed by atoms with Crippen LogP contribution in [0.5, 0.6) is 0 Å². The molecule has 0 aliphatic heterocycles. The van der Waals surface area contributed by atoms with E-state index in [1.165, 1.54) is 9.35 Å². The Morgan fingerprint density at radius 2 is 2.27 bits per heavy atom. The lowest BCUT2D eigenvalue weighted by molar-refractivity contribution is 0.390. The van der Waals surface area contributed by atoms with Gasteiger partial charge in [-0.2, -0.15) is 0 Å². The van der Waals surface area contributed by atoms with E-state index in [9.17, 15) is 0 Å². The van der Waals surface area contributed by atoms with Gasteiger partial charge in [0.2, 0.25) is 0 Å². The molecule has 15 heavy (non-hydrogen) atoms. The van der Waals surface area contributed by atoms with E-state index in [-0.39, 0.29) is 0 Å². The molecular formula is C11H17BrClNS. The largest absolute Gasteiger partial charge is 0.309 e. The maximum absolute atomic E-state index is 5.79. The predicted molar refractivity (Wildman–Crippen MR) is 72.8 cm³/mol. The second-order valence-corrected chi connectivity index (χ2v) is 6.13. The highest BCUT2D eigenvalue weighted by atomic mass is 79.9. The first-order valence-corrected chi connectivity index (χ1v) is 7.37. The molecule has 0 bridgehead atoms. The molecule has 0 spiro atoms. The van der Waals surface area contributed by atoms with Crippen molar-refractivity contribution in [3.05, 3.63) is 20.8 Å². The van der Waals surface area contributed by atoms with Crippen LogP contribution in [0.15, 0.2) is 15.9 Å². The molecule has 0 fully saturated rings. The standard InChI is InChI=1S/C11H17BrClNS/c1-8(2)10(3-5-13)14-7-11-9(12)4-6-15-11/h4,6,8,10,14H,3,5,7H2,1-2H3. The van der Waals surface area contributed by atoms with Crippen LogP contribution in [0.2, 0.25) is 0 Å². The van der Waals surface area contributed by atoms with Crippen LogP contribution in [0, 0.1) is 5.92 Å². The Labute approximate surface area is 109 Å². The Kier molecular flexibility index (Phi) is 6.20. The first-order chi connectivity index (χ1) is 7.15. The molecule has 0 radical (unpaired) electrons. The van der Waals surface area contributed by atoms with E-state index >= 15 is 0 Å². The van der Waals surface area contributed by atoms with Crippen LogP contribution in [0.1, 0.15) is 25.1 Å². The first-order valence-electron chi connectivity index (χ1n) is 5.16. The minimum Gasteiger partial charge on any atom is -0.309 e. The second kappa shape index (κ2) is 6.89. The minimum atomic E-state index is 0.511. The average molecular weight is 311 g/mol. The zero-order chi connectivity index (χ0) is 11.3. The van der Waals surface area contributed by atoms with Crippen molar-refractivity contribution in [2.75, 3.05) is 5.88 Å². The van der Waals surface area contributed by atoms with Gasteiger partial charge < -0.3 is 5.32 Å². The summed E-state index contributed by atoms with van der Waals surface area (Å²) >= 11 is 11.1. The molecule has 0 saturated heterocycles. The fourth-order valence-corrected chi connectivity index (χ4v) is 3.14. The number of alkyl halides is 1. The van der Waals surface area contributed by atoms with Gasteiger partial charge in [-0.25, -0.2) is 0 Å². The zero-order valence-electron chi connectivity index (χ0n) is 9.09. The quantitative estimate of drug-likeness (QED) is 0.774. The van der Waals surface area contributed by atoms with E-state index in [2.05, 4.69) is 46.5 Å². The summed E-state index contributed by atoms with van der Waals surface area (Å²) in [5.41, 5.74) is 0. The van der Waals surface area contributed by atoms with Crippen molar-refractivity contribution in [3.63, 3.8) is 0 Å². The molecule has 0 aliphatic carbocycles. The molecule has 1 heterocycles. The molecule has 1 atom stereocenters. The van der Waals surface area contributed by atoms with E-state index in [4.69, 9.17) is 11.6 Å². The molecule has 1 aromatic heterocycles. The van der Waals surface area contributed by atoms with Gasteiger partial charge in [0, 0.05) is 27.8 Å². The lowest BCUT2D eigenvalue weighted by Crippen LogP contribution is -2.33. The maximum Gasteiger partial charge on any atom is 0.0327 e. The molecule has 1 aromatic rings. The van der Waals surface area contributed by atoms with Crippen LogP contribution < -0.4 is 5.32 Å². The Bertz CT molecular complexity index is 288. The summed E-state index contributed by atoms with van der Waals surface area (Å²) in [6.45, 7) is 5.39. The van der Waals surface area contributed by atoms with E-state index < -0.39 is 0 Å². The van der Waals surface area contributed by atoms with E-state index in [1.807, 2.05) is 0 Å². The van der Waals surface area contributed by atoms with Gasteiger partial charge in [-0.15, -0.1) is 22.9 Å². The number of halogens is 2. The highest BCUT2D eigenvalue weighted by Crippen LogP contribution is 2.22. The second-order valence-electron chi connectivity index (χ2n) is 3.90. The van der Waals surface area contributed by atoms with Crippen LogP contribution in [0.3, 0.4) is 0 Å². The Morgan fingerprint density at radius 1 is 1.53 bits per heavy atom. The monoisotopic (exact) mass is 309 g/mol. The van der Waals surface area contributed by atoms with E-state index in [1.54, 1.807) is 11.3 Å². The van der Waals surface area contributed by atoms with E-state index in [0.717, 1.165) is 18.8 Å². The average Bonchev–Trinajstić information content (AvgIpc) is 2.58. The predicted octanol–water partition coefficient (Wildman–Crippen LogP) is 4.25.